The zero-order valence-corrected chi connectivity index (χ0v) is 36.3. The smallest absolute Gasteiger partial charge is 0.0714 e. The molecule has 2 nitrogen and oxygen atoms in total. The summed E-state index contributed by atoms with van der Waals surface area (Å²) in [6.45, 7) is 3.16. The van der Waals surface area contributed by atoms with E-state index in [1.54, 1.807) is 0 Å². The Balaban J connectivity index is 0.979. The lowest BCUT2D eigenvalue weighted by atomic mass is 9.67. The average Bonchev–Trinajstić information content (AvgIpc) is 3.87. The quantitative estimate of drug-likeness (QED) is 0.141. The van der Waals surface area contributed by atoms with Crippen LogP contribution in [-0.2, 0) is 12.0 Å². The summed E-state index contributed by atoms with van der Waals surface area (Å²) in [5, 5.41) is 2.60. The number of aromatic nitrogens is 1. The highest BCUT2D eigenvalue weighted by Crippen LogP contribution is 2.57. The number of anilines is 3. The van der Waals surface area contributed by atoms with Crippen molar-refractivity contribution >= 4 is 38.9 Å². The number of rotatable bonds is 9. The summed E-state index contributed by atoms with van der Waals surface area (Å²) in [6, 6.07) is 91.6. The Hall–Kier alpha value is -8.20. The fourth-order valence-electron chi connectivity index (χ4n) is 10.7. The van der Waals surface area contributed by atoms with Crippen molar-refractivity contribution in [1.29, 1.82) is 0 Å². The molecule has 0 N–H and O–H groups in total. The Morgan fingerprint density at radius 1 is 0.338 bits per heavy atom. The lowest BCUT2D eigenvalue weighted by Gasteiger charge is -2.35. The van der Waals surface area contributed by atoms with Gasteiger partial charge >= 0.3 is 0 Å². The van der Waals surface area contributed by atoms with Gasteiger partial charge in [0.1, 0.15) is 0 Å². The van der Waals surface area contributed by atoms with Crippen LogP contribution in [-0.4, -0.2) is 4.57 Å². The number of aryl methyl sites for hydroxylation is 1. The highest BCUT2D eigenvalue weighted by Gasteiger charge is 2.46. The van der Waals surface area contributed by atoms with Crippen LogP contribution in [0.15, 0.2) is 249 Å². The van der Waals surface area contributed by atoms with E-state index in [9.17, 15) is 0 Å². The van der Waals surface area contributed by atoms with Crippen LogP contribution in [0.25, 0.3) is 66.3 Å². The molecule has 2 heteroatoms. The van der Waals surface area contributed by atoms with Crippen molar-refractivity contribution in [2.75, 3.05) is 4.90 Å². The highest BCUT2D eigenvalue weighted by atomic mass is 15.1. The second-order valence-corrected chi connectivity index (χ2v) is 17.1. The predicted molar refractivity (Wildman–Crippen MR) is 273 cm³/mol. The summed E-state index contributed by atoms with van der Waals surface area (Å²) >= 11 is 0. The van der Waals surface area contributed by atoms with Crippen LogP contribution in [0.1, 0.15) is 29.2 Å². The second-order valence-electron chi connectivity index (χ2n) is 17.1. The van der Waals surface area contributed by atoms with E-state index in [0.29, 0.717) is 0 Å². The van der Waals surface area contributed by atoms with Crippen LogP contribution in [0.4, 0.5) is 17.1 Å². The van der Waals surface area contributed by atoms with E-state index in [2.05, 4.69) is 265 Å². The number of benzene rings is 10. The van der Waals surface area contributed by atoms with Gasteiger partial charge in [0.25, 0.3) is 0 Å². The van der Waals surface area contributed by atoms with Crippen molar-refractivity contribution in [3.8, 4) is 44.5 Å². The molecule has 65 heavy (non-hydrogen) atoms. The first-order chi connectivity index (χ1) is 32.2. The number of para-hydroxylation sites is 1. The van der Waals surface area contributed by atoms with E-state index in [-0.39, 0.29) is 0 Å². The zero-order chi connectivity index (χ0) is 43.3. The van der Waals surface area contributed by atoms with Gasteiger partial charge in [-0.3, -0.25) is 0 Å². The first kappa shape index (κ1) is 38.5. The third-order valence-electron chi connectivity index (χ3n) is 13.7. The number of hydrogen-bond acceptors (Lipinski definition) is 1. The molecule has 0 spiro atoms. The first-order valence-electron chi connectivity index (χ1n) is 22.7. The monoisotopic (exact) mass is 830 g/mol. The molecule has 0 radical (unpaired) electrons. The maximum absolute atomic E-state index is 2.45. The molecule has 0 atom stereocenters. The Labute approximate surface area is 381 Å². The summed E-state index contributed by atoms with van der Waals surface area (Å²) in [5.74, 6) is 0. The second kappa shape index (κ2) is 15.9. The largest absolute Gasteiger partial charge is 0.341 e. The van der Waals surface area contributed by atoms with Crippen LogP contribution in [0.3, 0.4) is 0 Å². The summed E-state index contributed by atoms with van der Waals surface area (Å²) < 4.78 is 2.41. The van der Waals surface area contributed by atoms with Gasteiger partial charge in [0.15, 0.2) is 0 Å². The minimum absolute atomic E-state index is 0.500. The van der Waals surface area contributed by atoms with E-state index < -0.39 is 5.41 Å². The predicted octanol–water partition coefficient (Wildman–Crippen LogP) is 16.6. The van der Waals surface area contributed by atoms with E-state index in [1.165, 1.54) is 88.6 Å². The van der Waals surface area contributed by atoms with Crippen molar-refractivity contribution in [1.82, 2.24) is 4.57 Å². The van der Waals surface area contributed by atoms with Crippen LogP contribution in [0.5, 0.6) is 0 Å². The Morgan fingerprint density at radius 2 is 0.815 bits per heavy atom. The molecule has 1 aliphatic rings. The molecule has 0 fully saturated rings. The third kappa shape index (κ3) is 6.32. The molecule has 1 heterocycles. The average molecular weight is 831 g/mol. The summed E-state index contributed by atoms with van der Waals surface area (Å²) in [6.07, 6.45) is 0. The van der Waals surface area contributed by atoms with Crippen molar-refractivity contribution in [2.45, 2.75) is 18.9 Å². The fraction of sp³-hybridized carbons (Fsp3) is 0.0476. The molecule has 0 amide bonds. The van der Waals surface area contributed by atoms with E-state index >= 15 is 0 Å². The Bertz CT molecular complexity index is 3450. The van der Waals surface area contributed by atoms with E-state index in [4.69, 9.17) is 0 Å². The molecular weight excluding hydrogens is 785 g/mol. The maximum Gasteiger partial charge on any atom is 0.0714 e. The lowest BCUT2D eigenvalue weighted by Crippen LogP contribution is -2.28. The standard InChI is InChI=1S/C63H46N2/c1-2-64-61-28-15-13-26-57(61)58-42-49(33-40-62(58)64)48-20-16-19-47(41-48)46-31-36-53(37-32-46)65(52-34-29-45(30-35-52)44-17-6-3-7-18-44)54-38-39-56-55-25-12-14-27-59(55)63(60(56)43-54,50-21-8-4-9-22-50)51-23-10-5-11-24-51/h3-43H,2H2,1H3. The molecular formula is C63H46N2. The molecule has 0 bridgehead atoms. The molecule has 1 aromatic heterocycles. The maximum atomic E-state index is 2.45. The Morgan fingerprint density at radius 3 is 1.49 bits per heavy atom. The van der Waals surface area contributed by atoms with Crippen LogP contribution in [0.2, 0.25) is 0 Å². The van der Waals surface area contributed by atoms with Gasteiger partial charge in [-0.2, -0.15) is 0 Å². The van der Waals surface area contributed by atoms with Gasteiger partial charge in [0.05, 0.1) is 5.41 Å². The van der Waals surface area contributed by atoms with E-state index in [0.717, 1.165) is 23.6 Å². The molecule has 12 rings (SSSR count). The van der Waals surface area contributed by atoms with Gasteiger partial charge in [-0.05, 0) is 134 Å². The number of hydrogen-bond donors (Lipinski definition) is 0. The van der Waals surface area contributed by atoms with Crippen molar-refractivity contribution in [2.24, 2.45) is 0 Å². The van der Waals surface area contributed by atoms with Crippen molar-refractivity contribution in [3.63, 3.8) is 0 Å². The highest BCUT2D eigenvalue weighted by molar-refractivity contribution is 6.09. The number of fused-ring (bicyclic) bond motifs is 6. The molecule has 0 saturated heterocycles. The van der Waals surface area contributed by atoms with Gasteiger partial charge in [0.2, 0.25) is 0 Å². The molecule has 0 unspecified atom stereocenters. The Kier molecular flexibility index (Phi) is 9.39. The third-order valence-corrected chi connectivity index (χ3v) is 13.7. The van der Waals surface area contributed by atoms with Crippen molar-refractivity contribution in [3.05, 3.63) is 271 Å². The lowest BCUT2D eigenvalue weighted by molar-refractivity contribution is 0.768. The summed E-state index contributed by atoms with van der Waals surface area (Å²) in [7, 11) is 0. The number of nitrogens with zero attached hydrogens (tertiary/aromatic N) is 2. The van der Waals surface area contributed by atoms with E-state index in [1.807, 2.05) is 0 Å². The molecule has 0 saturated carbocycles. The first-order valence-corrected chi connectivity index (χ1v) is 22.7. The molecule has 308 valence electrons. The van der Waals surface area contributed by atoms with Gasteiger partial charge in [-0.15, -0.1) is 0 Å². The van der Waals surface area contributed by atoms with Crippen LogP contribution in [0, 0.1) is 0 Å². The van der Waals surface area contributed by atoms with Gasteiger partial charge < -0.3 is 9.47 Å². The van der Waals surface area contributed by atoms with Crippen molar-refractivity contribution < 1.29 is 0 Å². The van der Waals surface area contributed by atoms with Crippen LogP contribution < -0.4 is 4.90 Å². The SMILES string of the molecule is CCn1c2ccccc2c2cc(-c3cccc(-c4ccc(N(c5ccc(-c6ccccc6)cc5)c5ccc6c(c5)C(c5ccccc5)(c5ccccc5)c5ccccc5-6)cc4)c3)ccc21. The molecule has 10 aromatic carbocycles. The van der Waals surface area contributed by atoms with Gasteiger partial charge in [-0.25, -0.2) is 0 Å². The van der Waals surface area contributed by atoms with Gasteiger partial charge in [0, 0.05) is 45.4 Å². The molecule has 11 aromatic rings. The summed E-state index contributed by atoms with van der Waals surface area (Å²) in [4.78, 5) is 2.42. The molecule has 1 aliphatic carbocycles. The molecule has 0 aliphatic heterocycles. The van der Waals surface area contributed by atoms with Gasteiger partial charge in [-0.1, -0.05) is 188 Å². The minimum Gasteiger partial charge on any atom is -0.341 e. The minimum atomic E-state index is -0.500. The normalized spacial score (nSPS) is 12.6. The fourth-order valence-corrected chi connectivity index (χ4v) is 10.7. The topological polar surface area (TPSA) is 8.17 Å². The zero-order valence-electron chi connectivity index (χ0n) is 36.3. The summed E-state index contributed by atoms with van der Waals surface area (Å²) in [5.41, 5.74) is 20.2. The van der Waals surface area contributed by atoms with Crippen LogP contribution >= 0.6 is 0 Å².